The number of aryl methyl sites for hydroxylation is 1. The Labute approximate surface area is 175 Å². The average Bonchev–Trinajstić information content (AvgIpc) is 2.97. The largest absolute Gasteiger partial charge is 0.337 e. The van der Waals surface area contributed by atoms with E-state index in [1.54, 1.807) is 0 Å². The molecule has 1 aromatic carbocycles. The van der Waals surface area contributed by atoms with Gasteiger partial charge in [-0.3, -0.25) is 14.8 Å². The first-order valence-corrected chi connectivity index (χ1v) is 10.6. The van der Waals surface area contributed by atoms with E-state index in [1.807, 2.05) is 24.8 Å². The number of nitrogens with zero attached hydrogens (tertiary/aromatic N) is 5. The molecule has 1 fully saturated rings. The molecule has 0 atom stereocenters. The Hall–Kier alpha value is -2.02. The van der Waals surface area contributed by atoms with Crippen molar-refractivity contribution >= 4 is 15.9 Å². The van der Waals surface area contributed by atoms with Crippen molar-refractivity contribution in [1.29, 1.82) is 0 Å². The first-order chi connectivity index (χ1) is 13.7. The van der Waals surface area contributed by atoms with Gasteiger partial charge in [0, 0.05) is 55.9 Å². The topological polar surface area (TPSA) is 37.2 Å². The molecule has 146 valence electrons. The van der Waals surface area contributed by atoms with E-state index in [0.29, 0.717) is 0 Å². The van der Waals surface area contributed by atoms with E-state index in [-0.39, 0.29) is 0 Å². The number of hydrogen-bond acceptors (Lipinski definition) is 4. The minimum Gasteiger partial charge on any atom is -0.337 e. The van der Waals surface area contributed by atoms with Crippen LogP contribution in [-0.4, -0.2) is 50.5 Å². The molecule has 6 heteroatoms. The Morgan fingerprint density at radius 1 is 0.929 bits per heavy atom. The Bertz CT molecular complexity index is 905. The van der Waals surface area contributed by atoms with Crippen LogP contribution in [0.25, 0.3) is 11.1 Å². The molecule has 3 aromatic rings. The lowest BCUT2D eigenvalue weighted by Crippen LogP contribution is -2.31. The van der Waals surface area contributed by atoms with Crippen molar-refractivity contribution in [2.75, 3.05) is 26.2 Å². The van der Waals surface area contributed by atoms with Gasteiger partial charge in [0.05, 0.1) is 6.54 Å². The number of aromatic nitrogens is 3. The number of benzene rings is 1. The molecule has 1 saturated heterocycles. The fourth-order valence-electron chi connectivity index (χ4n) is 3.79. The first-order valence-electron chi connectivity index (χ1n) is 9.79. The van der Waals surface area contributed by atoms with Gasteiger partial charge in [-0.15, -0.1) is 0 Å². The van der Waals surface area contributed by atoms with Crippen molar-refractivity contribution in [2.45, 2.75) is 19.5 Å². The quantitative estimate of drug-likeness (QED) is 0.602. The second-order valence-corrected chi connectivity index (χ2v) is 8.32. The zero-order chi connectivity index (χ0) is 19.3. The number of hydrogen-bond donors (Lipinski definition) is 0. The summed E-state index contributed by atoms with van der Waals surface area (Å²) in [6.45, 7) is 6.24. The highest BCUT2D eigenvalue weighted by atomic mass is 79.9. The third kappa shape index (κ3) is 4.69. The molecule has 0 bridgehead atoms. The van der Waals surface area contributed by atoms with Crippen LogP contribution in [0, 0.1) is 0 Å². The molecule has 0 aliphatic carbocycles. The summed E-state index contributed by atoms with van der Waals surface area (Å²) in [5.41, 5.74) is 3.81. The molecule has 5 nitrogen and oxygen atoms in total. The number of pyridine rings is 1. The normalized spacial score (nSPS) is 16.2. The minimum absolute atomic E-state index is 0.925. The molecular weight excluding hydrogens is 414 g/mol. The van der Waals surface area contributed by atoms with Gasteiger partial charge in [0.2, 0.25) is 0 Å². The van der Waals surface area contributed by atoms with Gasteiger partial charge in [-0.25, -0.2) is 4.98 Å². The summed E-state index contributed by atoms with van der Waals surface area (Å²) in [6.07, 6.45) is 8.99. The van der Waals surface area contributed by atoms with Crippen LogP contribution in [0.15, 0.2) is 59.6 Å². The van der Waals surface area contributed by atoms with Gasteiger partial charge in [0.1, 0.15) is 5.82 Å². The maximum Gasteiger partial charge on any atom is 0.122 e. The zero-order valence-electron chi connectivity index (χ0n) is 16.3. The molecule has 0 radical (unpaired) electrons. The van der Waals surface area contributed by atoms with E-state index in [0.717, 1.165) is 49.6 Å². The van der Waals surface area contributed by atoms with Crippen LogP contribution >= 0.6 is 15.9 Å². The lowest BCUT2D eigenvalue weighted by atomic mass is 10.0. The van der Waals surface area contributed by atoms with Crippen molar-refractivity contribution in [3.8, 4) is 11.1 Å². The SMILES string of the molecule is Cn1ccnc1CN1CCCN(Cc2cnccc2-c2ccc(Br)cc2)CC1. The number of rotatable bonds is 5. The highest BCUT2D eigenvalue weighted by Crippen LogP contribution is 2.26. The molecule has 28 heavy (non-hydrogen) atoms. The molecule has 0 amide bonds. The van der Waals surface area contributed by atoms with Gasteiger partial charge in [-0.2, -0.15) is 0 Å². The van der Waals surface area contributed by atoms with Crippen LogP contribution in [0.2, 0.25) is 0 Å². The van der Waals surface area contributed by atoms with Crippen LogP contribution in [-0.2, 0) is 20.1 Å². The summed E-state index contributed by atoms with van der Waals surface area (Å²) in [5, 5.41) is 0. The second kappa shape index (κ2) is 8.99. The molecular formula is C22H26BrN5. The predicted octanol–water partition coefficient (Wildman–Crippen LogP) is 3.95. The summed E-state index contributed by atoms with van der Waals surface area (Å²) in [4.78, 5) is 13.9. The van der Waals surface area contributed by atoms with E-state index in [4.69, 9.17) is 0 Å². The van der Waals surface area contributed by atoms with E-state index in [1.165, 1.54) is 23.1 Å². The van der Waals surface area contributed by atoms with Crippen LogP contribution in [0.3, 0.4) is 0 Å². The highest BCUT2D eigenvalue weighted by Gasteiger charge is 2.17. The van der Waals surface area contributed by atoms with E-state index >= 15 is 0 Å². The van der Waals surface area contributed by atoms with Gasteiger partial charge >= 0.3 is 0 Å². The molecule has 1 aliphatic rings. The molecule has 4 rings (SSSR count). The van der Waals surface area contributed by atoms with Crippen LogP contribution in [0.5, 0.6) is 0 Å². The third-order valence-electron chi connectivity index (χ3n) is 5.42. The van der Waals surface area contributed by atoms with Gasteiger partial charge in [-0.1, -0.05) is 28.1 Å². The van der Waals surface area contributed by atoms with Gasteiger partial charge < -0.3 is 4.57 Å². The molecule has 0 N–H and O–H groups in total. The Kier molecular flexibility index (Phi) is 6.20. The summed E-state index contributed by atoms with van der Waals surface area (Å²) >= 11 is 3.52. The summed E-state index contributed by atoms with van der Waals surface area (Å²) in [7, 11) is 2.07. The van der Waals surface area contributed by atoms with Crippen LogP contribution < -0.4 is 0 Å². The second-order valence-electron chi connectivity index (χ2n) is 7.40. The Morgan fingerprint density at radius 3 is 2.39 bits per heavy atom. The summed E-state index contributed by atoms with van der Waals surface area (Å²) in [6, 6.07) is 10.7. The lowest BCUT2D eigenvalue weighted by Gasteiger charge is -2.22. The molecule has 1 aliphatic heterocycles. The number of halogens is 1. The molecule has 2 aromatic heterocycles. The van der Waals surface area contributed by atoms with Gasteiger partial charge in [-0.05, 0) is 54.4 Å². The van der Waals surface area contributed by atoms with E-state index in [9.17, 15) is 0 Å². The van der Waals surface area contributed by atoms with Crippen LogP contribution in [0.4, 0.5) is 0 Å². The third-order valence-corrected chi connectivity index (χ3v) is 5.95. The van der Waals surface area contributed by atoms with E-state index in [2.05, 4.69) is 77.6 Å². The smallest absolute Gasteiger partial charge is 0.122 e. The average molecular weight is 440 g/mol. The zero-order valence-corrected chi connectivity index (χ0v) is 17.8. The lowest BCUT2D eigenvalue weighted by molar-refractivity contribution is 0.242. The molecule has 0 unspecified atom stereocenters. The molecule has 3 heterocycles. The fraction of sp³-hybridized carbons (Fsp3) is 0.364. The van der Waals surface area contributed by atoms with Crippen molar-refractivity contribution in [2.24, 2.45) is 7.05 Å². The van der Waals surface area contributed by atoms with Crippen molar-refractivity contribution in [1.82, 2.24) is 24.3 Å². The van der Waals surface area contributed by atoms with Gasteiger partial charge in [0.25, 0.3) is 0 Å². The summed E-state index contributed by atoms with van der Waals surface area (Å²) in [5.74, 6) is 1.14. The standard InChI is InChI=1S/C22H26BrN5/c1-26-12-9-25-22(26)17-28-11-2-10-27(13-14-28)16-19-15-24-8-7-21(19)18-3-5-20(23)6-4-18/h3-9,12,15H,2,10-11,13-14,16-17H2,1H3. The van der Waals surface area contributed by atoms with E-state index < -0.39 is 0 Å². The minimum atomic E-state index is 0.925. The summed E-state index contributed by atoms with van der Waals surface area (Å²) < 4.78 is 3.22. The van der Waals surface area contributed by atoms with Gasteiger partial charge in [0.15, 0.2) is 0 Å². The fourth-order valence-corrected chi connectivity index (χ4v) is 4.06. The molecule has 0 spiro atoms. The maximum atomic E-state index is 4.47. The van der Waals surface area contributed by atoms with Crippen molar-refractivity contribution in [3.63, 3.8) is 0 Å². The Morgan fingerprint density at radius 2 is 1.68 bits per heavy atom. The highest BCUT2D eigenvalue weighted by molar-refractivity contribution is 9.10. The maximum absolute atomic E-state index is 4.47. The first kappa shape index (κ1) is 19.3. The van der Waals surface area contributed by atoms with Crippen molar-refractivity contribution in [3.05, 3.63) is 71.0 Å². The monoisotopic (exact) mass is 439 g/mol. The predicted molar refractivity (Wildman–Crippen MR) is 116 cm³/mol. The molecule has 0 saturated carbocycles. The number of imidazole rings is 1. The Balaban J connectivity index is 1.42. The van der Waals surface area contributed by atoms with Crippen molar-refractivity contribution < 1.29 is 0 Å². The van der Waals surface area contributed by atoms with Crippen LogP contribution in [0.1, 0.15) is 17.8 Å².